The molecule has 0 bridgehead atoms. The maximum Gasteiger partial charge on any atom is 0.412 e. The summed E-state index contributed by atoms with van der Waals surface area (Å²) in [6, 6.07) is 0. The number of rotatable bonds is 2. The van der Waals surface area contributed by atoms with Crippen molar-refractivity contribution in [1.29, 1.82) is 0 Å². The first-order valence-electron chi connectivity index (χ1n) is 5.51. The molecule has 0 aliphatic heterocycles. The highest BCUT2D eigenvalue weighted by Gasteiger charge is 2.19. The minimum Gasteiger partial charge on any atom is -0.464 e. The van der Waals surface area contributed by atoms with Crippen LogP contribution in [0.25, 0.3) is 0 Å². The largest absolute Gasteiger partial charge is 0.464 e. The molecule has 6 nitrogen and oxygen atoms in total. The summed E-state index contributed by atoms with van der Waals surface area (Å²) in [7, 11) is 1.30. The molecule has 1 rings (SSSR count). The van der Waals surface area contributed by atoms with E-state index >= 15 is 0 Å². The Morgan fingerprint density at radius 2 is 1.94 bits per heavy atom. The Labute approximate surface area is 106 Å². The number of anilines is 1. The third-order valence-electron chi connectivity index (χ3n) is 2.16. The van der Waals surface area contributed by atoms with E-state index in [1.807, 2.05) is 0 Å². The van der Waals surface area contributed by atoms with Gasteiger partial charge in [0.25, 0.3) is 0 Å². The second-order valence-electron chi connectivity index (χ2n) is 4.82. The van der Waals surface area contributed by atoms with Gasteiger partial charge in [-0.3, -0.25) is 5.32 Å². The average Bonchev–Trinajstić information content (AvgIpc) is 2.57. The molecule has 0 aliphatic rings. The second-order valence-corrected chi connectivity index (χ2v) is 4.82. The first-order valence-corrected chi connectivity index (χ1v) is 5.51. The number of carbonyl (C=O) groups excluding carboxylic acids is 2. The van der Waals surface area contributed by atoms with E-state index < -0.39 is 17.7 Å². The van der Waals surface area contributed by atoms with Gasteiger partial charge >= 0.3 is 12.1 Å². The van der Waals surface area contributed by atoms with Crippen LogP contribution < -0.4 is 5.32 Å². The molecule has 2 N–H and O–H groups in total. The van der Waals surface area contributed by atoms with Crippen LogP contribution in [-0.2, 0) is 9.47 Å². The summed E-state index contributed by atoms with van der Waals surface area (Å²) in [5, 5.41) is 2.57. The van der Waals surface area contributed by atoms with Gasteiger partial charge in [0, 0.05) is 11.8 Å². The van der Waals surface area contributed by atoms with E-state index in [1.54, 1.807) is 27.7 Å². The van der Waals surface area contributed by atoms with E-state index in [2.05, 4.69) is 15.0 Å². The Morgan fingerprint density at radius 3 is 2.44 bits per heavy atom. The van der Waals surface area contributed by atoms with Gasteiger partial charge in [-0.2, -0.15) is 0 Å². The Kier molecular flexibility index (Phi) is 4.00. The quantitative estimate of drug-likeness (QED) is 0.794. The maximum absolute atomic E-state index is 11.6. The van der Waals surface area contributed by atoms with Crippen molar-refractivity contribution in [3.63, 3.8) is 0 Å². The highest BCUT2D eigenvalue weighted by Crippen LogP contribution is 2.20. The van der Waals surface area contributed by atoms with Crippen molar-refractivity contribution in [3.05, 3.63) is 17.5 Å². The summed E-state index contributed by atoms with van der Waals surface area (Å²) in [5.74, 6) is -0.482. The maximum atomic E-state index is 11.6. The molecule has 0 fully saturated rings. The lowest BCUT2D eigenvalue weighted by Crippen LogP contribution is -2.27. The number of ether oxygens (including phenoxy) is 2. The Balaban J connectivity index is 2.78. The van der Waals surface area contributed by atoms with Gasteiger partial charge in [0.1, 0.15) is 11.3 Å². The van der Waals surface area contributed by atoms with E-state index in [-0.39, 0.29) is 0 Å². The van der Waals surface area contributed by atoms with E-state index in [0.717, 1.165) is 0 Å². The summed E-state index contributed by atoms with van der Waals surface area (Å²) in [6.07, 6.45) is 0.951. The third-order valence-corrected chi connectivity index (χ3v) is 2.16. The summed E-state index contributed by atoms with van der Waals surface area (Å²) in [4.78, 5) is 25.7. The van der Waals surface area contributed by atoms with Gasteiger partial charge in [0.05, 0.1) is 12.8 Å². The van der Waals surface area contributed by atoms with Gasteiger partial charge in [0.2, 0.25) is 0 Å². The summed E-state index contributed by atoms with van der Waals surface area (Å²) in [6.45, 7) is 7.03. The van der Waals surface area contributed by atoms with Crippen molar-refractivity contribution >= 4 is 17.7 Å². The van der Waals surface area contributed by atoms with Gasteiger partial charge in [-0.15, -0.1) is 0 Å². The SMILES string of the molecule is COC(=O)c1[nH]cc(NC(=O)OC(C)(C)C)c1C. The molecule has 0 aliphatic carbocycles. The van der Waals surface area contributed by atoms with Gasteiger partial charge in [-0.1, -0.05) is 0 Å². The molecule has 1 aromatic rings. The van der Waals surface area contributed by atoms with Crippen LogP contribution in [0.2, 0.25) is 0 Å². The molecule has 6 heteroatoms. The van der Waals surface area contributed by atoms with Gasteiger partial charge in [-0.25, -0.2) is 9.59 Å². The Morgan fingerprint density at radius 1 is 1.33 bits per heavy atom. The van der Waals surface area contributed by atoms with E-state index in [9.17, 15) is 9.59 Å². The van der Waals surface area contributed by atoms with E-state index in [4.69, 9.17) is 4.74 Å². The highest BCUT2D eigenvalue weighted by molar-refractivity contribution is 5.94. The zero-order valence-corrected chi connectivity index (χ0v) is 11.2. The van der Waals surface area contributed by atoms with Crippen molar-refractivity contribution in [3.8, 4) is 0 Å². The number of nitrogens with one attached hydrogen (secondary N) is 2. The number of carbonyl (C=O) groups is 2. The topological polar surface area (TPSA) is 80.4 Å². The number of aromatic amines is 1. The van der Waals surface area contributed by atoms with Crippen LogP contribution in [-0.4, -0.2) is 29.8 Å². The van der Waals surface area contributed by atoms with Crippen LogP contribution in [0.15, 0.2) is 6.20 Å². The van der Waals surface area contributed by atoms with Crippen molar-refractivity contribution in [2.24, 2.45) is 0 Å². The molecule has 1 heterocycles. The normalized spacial score (nSPS) is 10.9. The van der Waals surface area contributed by atoms with Crippen LogP contribution in [0.5, 0.6) is 0 Å². The van der Waals surface area contributed by atoms with E-state index in [0.29, 0.717) is 16.9 Å². The van der Waals surface area contributed by atoms with Crippen LogP contribution in [0, 0.1) is 6.92 Å². The third kappa shape index (κ3) is 3.51. The van der Waals surface area contributed by atoms with Crippen molar-refractivity contribution in [2.75, 3.05) is 12.4 Å². The zero-order chi connectivity index (χ0) is 13.9. The molecule has 0 radical (unpaired) electrons. The number of H-pyrrole nitrogens is 1. The van der Waals surface area contributed by atoms with Gasteiger partial charge in [0.15, 0.2) is 0 Å². The van der Waals surface area contributed by atoms with Crippen LogP contribution in [0.1, 0.15) is 36.8 Å². The van der Waals surface area contributed by atoms with Crippen LogP contribution in [0.3, 0.4) is 0 Å². The first-order chi connectivity index (χ1) is 8.24. The molecule has 100 valence electrons. The summed E-state index contributed by atoms with van der Waals surface area (Å²) < 4.78 is 9.71. The van der Waals surface area contributed by atoms with Crippen LogP contribution in [0.4, 0.5) is 10.5 Å². The first kappa shape index (κ1) is 14.1. The summed E-state index contributed by atoms with van der Waals surface area (Å²) in [5.41, 5.74) is 0.834. The van der Waals surface area contributed by atoms with Crippen LogP contribution >= 0.6 is 0 Å². The number of hydrogen-bond donors (Lipinski definition) is 2. The minimum atomic E-state index is -0.570. The number of esters is 1. The highest BCUT2D eigenvalue weighted by atomic mass is 16.6. The molecule has 0 atom stereocenters. The number of hydrogen-bond acceptors (Lipinski definition) is 4. The van der Waals surface area contributed by atoms with Crippen molar-refractivity contribution in [2.45, 2.75) is 33.3 Å². The lowest BCUT2D eigenvalue weighted by molar-refractivity contribution is 0.0590. The van der Waals surface area contributed by atoms with Crippen molar-refractivity contribution in [1.82, 2.24) is 4.98 Å². The number of amides is 1. The fraction of sp³-hybridized carbons (Fsp3) is 0.500. The number of methoxy groups -OCH3 is 1. The molecule has 0 unspecified atom stereocenters. The smallest absolute Gasteiger partial charge is 0.412 e. The Hall–Kier alpha value is -1.98. The zero-order valence-electron chi connectivity index (χ0n) is 11.2. The van der Waals surface area contributed by atoms with Crippen molar-refractivity contribution < 1.29 is 19.1 Å². The molecule has 1 amide bonds. The predicted octanol–water partition coefficient (Wildman–Crippen LogP) is 2.46. The predicted molar refractivity (Wildman–Crippen MR) is 66.7 cm³/mol. The molecular weight excluding hydrogens is 236 g/mol. The lowest BCUT2D eigenvalue weighted by Gasteiger charge is -2.19. The molecule has 0 saturated carbocycles. The molecule has 0 spiro atoms. The van der Waals surface area contributed by atoms with E-state index in [1.165, 1.54) is 13.3 Å². The fourth-order valence-electron chi connectivity index (χ4n) is 1.35. The fourth-order valence-corrected chi connectivity index (χ4v) is 1.35. The molecule has 0 aromatic carbocycles. The molecule has 18 heavy (non-hydrogen) atoms. The standard InChI is InChI=1S/C12H18N2O4/c1-7-8(6-13-9(7)10(15)17-5)14-11(16)18-12(2,3)4/h6,13H,1-5H3,(H,14,16). The van der Waals surface area contributed by atoms with Gasteiger partial charge in [-0.05, 0) is 27.7 Å². The molecular formula is C12H18N2O4. The molecule has 1 aromatic heterocycles. The number of aromatic nitrogens is 1. The minimum absolute atomic E-state index is 0.309. The molecule has 0 saturated heterocycles. The monoisotopic (exact) mass is 254 g/mol. The second kappa shape index (κ2) is 5.12. The Bertz CT molecular complexity index is 457. The lowest BCUT2D eigenvalue weighted by atomic mass is 10.2. The van der Waals surface area contributed by atoms with Gasteiger partial charge < -0.3 is 14.5 Å². The summed E-state index contributed by atoms with van der Waals surface area (Å²) >= 11 is 0. The average molecular weight is 254 g/mol.